The molecular formula is C13H25N3O3. The van der Waals surface area contributed by atoms with Crippen LogP contribution in [0.25, 0.3) is 0 Å². The lowest BCUT2D eigenvalue weighted by molar-refractivity contribution is -0.137. The minimum atomic E-state index is -0.135. The first-order valence-corrected chi connectivity index (χ1v) is 6.87. The molecule has 1 atom stereocenters. The second-order valence-corrected chi connectivity index (χ2v) is 5.10. The lowest BCUT2D eigenvalue weighted by atomic mass is 9.96. The molecule has 0 radical (unpaired) electrons. The van der Waals surface area contributed by atoms with E-state index in [1.54, 1.807) is 23.9 Å². The van der Waals surface area contributed by atoms with Crippen molar-refractivity contribution in [3.05, 3.63) is 0 Å². The van der Waals surface area contributed by atoms with Gasteiger partial charge in [0.25, 0.3) is 0 Å². The largest absolute Gasteiger partial charge is 0.395 e. The molecule has 1 rings (SSSR count). The lowest BCUT2D eigenvalue weighted by Crippen LogP contribution is -2.49. The summed E-state index contributed by atoms with van der Waals surface area (Å²) in [6.07, 6.45) is 1.67. The Bertz CT molecular complexity index is 320. The Labute approximate surface area is 115 Å². The zero-order chi connectivity index (χ0) is 14.4. The number of nitrogens with zero attached hydrogens (tertiary/aromatic N) is 3. The van der Waals surface area contributed by atoms with E-state index in [0.717, 1.165) is 12.8 Å². The predicted molar refractivity (Wildman–Crippen MR) is 72.7 cm³/mol. The molecule has 1 unspecified atom stereocenters. The Hall–Kier alpha value is -1.30. The summed E-state index contributed by atoms with van der Waals surface area (Å²) in [5.41, 5.74) is 0. The molecule has 1 aliphatic heterocycles. The van der Waals surface area contributed by atoms with Crippen LogP contribution >= 0.6 is 0 Å². The van der Waals surface area contributed by atoms with Gasteiger partial charge in [-0.2, -0.15) is 0 Å². The monoisotopic (exact) mass is 271 g/mol. The summed E-state index contributed by atoms with van der Waals surface area (Å²) in [5, 5.41) is 8.96. The van der Waals surface area contributed by atoms with Crippen LogP contribution in [0.15, 0.2) is 0 Å². The van der Waals surface area contributed by atoms with Gasteiger partial charge in [-0.15, -0.1) is 0 Å². The molecule has 0 aliphatic carbocycles. The van der Waals surface area contributed by atoms with Gasteiger partial charge in [-0.25, -0.2) is 4.79 Å². The molecule has 6 nitrogen and oxygen atoms in total. The van der Waals surface area contributed by atoms with Crippen LogP contribution in [0.4, 0.5) is 4.79 Å². The lowest BCUT2D eigenvalue weighted by Gasteiger charge is -2.35. The highest BCUT2D eigenvalue weighted by molar-refractivity contribution is 5.81. The van der Waals surface area contributed by atoms with E-state index in [1.165, 1.54) is 4.90 Å². The maximum atomic E-state index is 12.3. The number of hydrogen-bond donors (Lipinski definition) is 1. The molecule has 0 spiro atoms. The van der Waals surface area contributed by atoms with Crippen LogP contribution in [-0.4, -0.2) is 78.6 Å². The summed E-state index contributed by atoms with van der Waals surface area (Å²) >= 11 is 0. The number of hydrogen-bond acceptors (Lipinski definition) is 3. The average Bonchev–Trinajstić information content (AvgIpc) is 2.43. The van der Waals surface area contributed by atoms with Crippen molar-refractivity contribution < 1.29 is 14.7 Å². The maximum Gasteiger partial charge on any atom is 0.319 e. The number of carbonyl (C=O) groups is 2. The zero-order valence-electron chi connectivity index (χ0n) is 12.1. The van der Waals surface area contributed by atoms with Gasteiger partial charge in [-0.3, -0.25) is 4.79 Å². The molecule has 0 bridgehead atoms. The number of piperidine rings is 1. The van der Waals surface area contributed by atoms with Gasteiger partial charge in [-0.1, -0.05) is 0 Å². The fourth-order valence-electron chi connectivity index (χ4n) is 2.44. The summed E-state index contributed by atoms with van der Waals surface area (Å²) in [7, 11) is 3.44. The summed E-state index contributed by atoms with van der Waals surface area (Å²) in [4.78, 5) is 29.2. The number of carbonyl (C=O) groups excluding carboxylic acids is 2. The molecule has 19 heavy (non-hydrogen) atoms. The molecule has 1 N–H and O–H groups in total. The Morgan fingerprint density at radius 2 is 2.05 bits per heavy atom. The normalized spacial score (nSPS) is 19.2. The van der Waals surface area contributed by atoms with Gasteiger partial charge in [0, 0.05) is 40.3 Å². The second kappa shape index (κ2) is 7.33. The number of likely N-dealkylation sites (tertiary alicyclic amines) is 1. The third kappa shape index (κ3) is 4.09. The van der Waals surface area contributed by atoms with E-state index in [1.807, 2.05) is 6.92 Å². The predicted octanol–water partition coefficient (Wildman–Crippen LogP) is 0.221. The van der Waals surface area contributed by atoms with Crippen LogP contribution in [0.1, 0.15) is 19.8 Å². The number of likely N-dealkylation sites (N-methyl/N-ethyl adjacent to an activating group) is 1. The quantitative estimate of drug-likeness (QED) is 0.795. The Kier molecular flexibility index (Phi) is 6.08. The van der Waals surface area contributed by atoms with Crippen molar-refractivity contribution in [1.29, 1.82) is 0 Å². The molecule has 6 heteroatoms. The Morgan fingerprint density at radius 3 is 2.58 bits per heavy atom. The Morgan fingerprint density at radius 1 is 1.37 bits per heavy atom. The van der Waals surface area contributed by atoms with Gasteiger partial charge in [0.1, 0.15) is 0 Å². The topological polar surface area (TPSA) is 64.1 Å². The van der Waals surface area contributed by atoms with E-state index in [-0.39, 0.29) is 24.5 Å². The first-order chi connectivity index (χ1) is 9.01. The van der Waals surface area contributed by atoms with Crippen LogP contribution in [-0.2, 0) is 4.79 Å². The molecular weight excluding hydrogens is 246 g/mol. The van der Waals surface area contributed by atoms with E-state index in [9.17, 15) is 9.59 Å². The van der Waals surface area contributed by atoms with Crippen LogP contribution in [0.5, 0.6) is 0 Å². The molecule has 0 aromatic heterocycles. The summed E-state index contributed by atoms with van der Waals surface area (Å²) in [6.45, 7) is 4.04. The SMILES string of the molecule is CCN(CCO)C(=O)C1CCCN(C(=O)N(C)C)C1. The fourth-order valence-corrected chi connectivity index (χ4v) is 2.44. The zero-order valence-corrected chi connectivity index (χ0v) is 12.1. The van der Waals surface area contributed by atoms with Crippen LogP contribution in [0.2, 0.25) is 0 Å². The van der Waals surface area contributed by atoms with E-state index in [2.05, 4.69) is 0 Å². The van der Waals surface area contributed by atoms with Gasteiger partial charge >= 0.3 is 6.03 Å². The summed E-state index contributed by atoms with van der Waals surface area (Å²) in [5.74, 6) is -0.0862. The third-order valence-electron chi connectivity index (χ3n) is 3.49. The highest BCUT2D eigenvalue weighted by Gasteiger charge is 2.31. The minimum absolute atomic E-state index is 0.0212. The highest BCUT2D eigenvalue weighted by atomic mass is 16.3. The molecule has 110 valence electrons. The smallest absolute Gasteiger partial charge is 0.319 e. The first kappa shape index (κ1) is 15.8. The number of aliphatic hydroxyl groups is 1. The van der Waals surface area contributed by atoms with Crippen molar-refractivity contribution in [2.45, 2.75) is 19.8 Å². The highest BCUT2D eigenvalue weighted by Crippen LogP contribution is 2.19. The van der Waals surface area contributed by atoms with Crippen molar-refractivity contribution in [3.63, 3.8) is 0 Å². The summed E-state index contributed by atoms with van der Waals surface area (Å²) < 4.78 is 0. The van der Waals surface area contributed by atoms with Crippen molar-refractivity contribution in [1.82, 2.24) is 14.7 Å². The standard InChI is InChI=1S/C13H25N3O3/c1-4-15(8-9-17)12(18)11-6-5-7-16(10-11)13(19)14(2)3/h11,17H,4-10H2,1-3H3. The molecule has 0 aromatic carbocycles. The van der Waals surface area contributed by atoms with Crippen LogP contribution < -0.4 is 0 Å². The summed E-state index contributed by atoms with van der Waals surface area (Å²) in [6, 6.07) is -0.0392. The van der Waals surface area contributed by atoms with E-state index in [0.29, 0.717) is 26.2 Å². The van der Waals surface area contributed by atoms with Crippen molar-refractivity contribution in [2.75, 3.05) is 46.9 Å². The minimum Gasteiger partial charge on any atom is -0.395 e. The van der Waals surface area contributed by atoms with Crippen molar-refractivity contribution in [2.24, 2.45) is 5.92 Å². The van der Waals surface area contributed by atoms with Gasteiger partial charge in [-0.05, 0) is 19.8 Å². The third-order valence-corrected chi connectivity index (χ3v) is 3.49. The van der Waals surface area contributed by atoms with E-state index in [4.69, 9.17) is 5.11 Å². The van der Waals surface area contributed by atoms with Crippen LogP contribution in [0.3, 0.4) is 0 Å². The van der Waals surface area contributed by atoms with Gasteiger partial charge in [0.15, 0.2) is 0 Å². The van der Waals surface area contributed by atoms with E-state index < -0.39 is 0 Å². The maximum absolute atomic E-state index is 12.3. The number of rotatable bonds is 4. The van der Waals surface area contributed by atoms with Gasteiger partial charge in [0.05, 0.1) is 12.5 Å². The molecule has 1 heterocycles. The molecule has 1 fully saturated rings. The van der Waals surface area contributed by atoms with Gasteiger partial charge < -0.3 is 19.8 Å². The van der Waals surface area contributed by atoms with Crippen molar-refractivity contribution >= 4 is 11.9 Å². The van der Waals surface area contributed by atoms with Crippen molar-refractivity contribution in [3.8, 4) is 0 Å². The fraction of sp³-hybridized carbons (Fsp3) is 0.846. The van der Waals surface area contributed by atoms with E-state index >= 15 is 0 Å². The molecule has 0 aromatic rings. The van der Waals surface area contributed by atoms with Gasteiger partial charge in [0.2, 0.25) is 5.91 Å². The molecule has 0 saturated carbocycles. The molecule has 3 amide bonds. The first-order valence-electron chi connectivity index (χ1n) is 6.87. The average molecular weight is 271 g/mol. The van der Waals surface area contributed by atoms with Crippen LogP contribution in [0, 0.1) is 5.92 Å². The number of urea groups is 1. The second-order valence-electron chi connectivity index (χ2n) is 5.10. The number of aliphatic hydroxyl groups excluding tert-OH is 1. The molecule has 1 aliphatic rings. The number of amides is 3. The molecule has 1 saturated heterocycles. The Balaban J connectivity index is 2.63.